The lowest BCUT2D eigenvalue weighted by Crippen LogP contribution is -2.30. The van der Waals surface area contributed by atoms with Crippen LogP contribution < -0.4 is 0 Å². The van der Waals surface area contributed by atoms with Gasteiger partial charge in [-0.05, 0) is 44.6 Å². The van der Waals surface area contributed by atoms with Gasteiger partial charge < -0.3 is 4.90 Å². The number of aryl methyl sites for hydroxylation is 1. The normalized spacial score (nSPS) is 22.1. The number of aromatic nitrogens is 3. The first kappa shape index (κ1) is 16.4. The van der Waals surface area contributed by atoms with Crippen molar-refractivity contribution in [3.05, 3.63) is 47.0 Å². The van der Waals surface area contributed by atoms with Gasteiger partial charge in [-0.25, -0.2) is 0 Å². The summed E-state index contributed by atoms with van der Waals surface area (Å²) < 4.78 is 1.71. The summed E-state index contributed by atoms with van der Waals surface area (Å²) in [5.41, 5.74) is 2.39. The maximum absolute atomic E-state index is 6.27. The molecule has 2 atom stereocenters. The fourth-order valence-electron chi connectivity index (χ4n) is 3.62. The minimum Gasteiger partial charge on any atom is -0.302 e. The molecule has 0 aromatic carbocycles. The summed E-state index contributed by atoms with van der Waals surface area (Å²) in [6.45, 7) is 2.99. The number of hydrogen-bond acceptors (Lipinski definition) is 4. The molecule has 3 heterocycles. The van der Waals surface area contributed by atoms with Gasteiger partial charge in [-0.15, -0.1) is 0 Å². The van der Waals surface area contributed by atoms with Gasteiger partial charge in [0.15, 0.2) is 0 Å². The lowest BCUT2D eigenvalue weighted by Gasteiger charge is -2.28. The summed E-state index contributed by atoms with van der Waals surface area (Å²) >= 11 is 6.27. The number of likely N-dealkylation sites (tertiary alicyclic amines) is 1. The highest BCUT2D eigenvalue weighted by Gasteiger charge is 2.33. The van der Waals surface area contributed by atoms with Crippen LogP contribution in [0.2, 0.25) is 5.15 Å². The van der Waals surface area contributed by atoms with E-state index >= 15 is 0 Å². The highest BCUT2D eigenvalue weighted by atomic mass is 35.5. The molecule has 0 aliphatic carbocycles. The van der Waals surface area contributed by atoms with Gasteiger partial charge in [-0.1, -0.05) is 17.7 Å². The van der Waals surface area contributed by atoms with Crippen molar-refractivity contribution in [3.8, 4) is 0 Å². The largest absolute Gasteiger partial charge is 0.302 e. The third kappa shape index (κ3) is 3.57. The smallest absolute Gasteiger partial charge is 0.131 e. The van der Waals surface area contributed by atoms with Crippen LogP contribution in [0.3, 0.4) is 0 Å². The Labute approximate surface area is 142 Å². The Morgan fingerprint density at radius 3 is 2.83 bits per heavy atom. The zero-order chi connectivity index (χ0) is 16.4. The van der Waals surface area contributed by atoms with E-state index in [9.17, 15) is 0 Å². The summed E-state index contributed by atoms with van der Waals surface area (Å²) in [6, 6.07) is 4.65. The number of nitrogens with zero attached hydrogens (tertiary/aromatic N) is 5. The fourth-order valence-corrected chi connectivity index (χ4v) is 3.78. The van der Waals surface area contributed by atoms with Crippen LogP contribution in [0, 0.1) is 5.92 Å². The predicted octanol–water partition coefficient (Wildman–Crippen LogP) is 2.59. The van der Waals surface area contributed by atoms with E-state index in [0.29, 0.717) is 12.0 Å². The first-order valence-corrected chi connectivity index (χ1v) is 8.39. The maximum atomic E-state index is 6.27. The number of halogens is 1. The lowest BCUT2D eigenvalue weighted by molar-refractivity contribution is 0.213. The zero-order valence-corrected chi connectivity index (χ0v) is 14.7. The first-order valence-electron chi connectivity index (χ1n) is 8.01. The van der Waals surface area contributed by atoms with Gasteiger partial charge >= 0.3 is 0 Å². The quantitative estimate of drug-likeness (QED) is 0.843. The molecule has 0 spiro atoms. The van der Waals surface area contributed by atoms with Crippen molar-refractivity contribution in [3.63, 3.8) is 0 Å². The van der Waals surface area contributed by atoms with Crippen LogP contribution in [-0.2, 0) is 13.6 Å². The third-order valence-corrected chi connectivity index (χ3v) is 5.21. The van der Waals surface area contributed by atoms with Gasteiger partial charge in [-0.3, -0.25) is 14.6 Å². The van der Waals surface area contributed by atoms with Crippen LogP contribution in [0.25, 0.3) is 0 Å². The highest BCUT2D eigenvalue weighted by Crippen LogP contribution is 2.36. The summed E-state index contributed by atoms with van der Waals surface area (Å²) in [5, 5.41) is 4.94. The second-order valence-electron chi connectivity index (χ2n) is 6.54. The molecule has 0 amide bonds. The average Bonchev–Trinajstić information content (AvgIpc) is 3.05. The molecule has 1 aliphatic rings. The van der Waals surface area contributed by atoms with E-state index in [1.165, 1.54) is 12.0 Å². The second kappa shape index (κ2) is 6.99. The van der Waals surface area contributed by atoms with E-state index in [4.69, 9.17) is 11.6 Å². The molecule has 2 aromatic rings. The van der Waals surface area contributed by atoms with Crippen molar-refractivity contribution in [2.75, 3.05) is 27.2 Å². The number of rotatable bonds is 5. The third-order valence-electron chi connectivity index (χ3n) is 4.72. The maximum Gasteiger partial charge on any atom is 0.131 e. The van der Waals surface area contributed by atoms with Crippen LogP contribution in [0.4, 0.5) is 0 Å². The minimum absolute atomic E-state index is 0.440. The molecule has 1 saturated heterocycles. The standard InChI is InChI=1S/C17H24ClN5/c1-21(12-15-10-20-23(3)17(15)18)11-14-6-8-22(2)16(14)13-5-4-7-19-9-13/h4-5,7,9-10,14,16H,6,8,11-12H2,1-3H3/t14-,16-/m0/s1. The molecule has 0 N–H and O–H groups in total. The molecule has 6 heteroatoms. The molecule has 124 valence electrons. The molecule has 5 nitrogen and oxygen atoms in total. The SMILES string of the molecule is CN(Cc1cnn(C)c1Cl)C[C@@H]1CCN(C)[C@H]1c1cccnc1. The van der Waals surface area contributed by atoms with Crippen LogP contribution in [-0.4, -0.2) is 51.7 Å². The van der Waals surface area contributed by atoms with Crippen LogP contribution in [0.1, 0.15) is 23.6 Å². The minimum atomic E-state index is 0.440. The molecule has 0 bridgehead atoms. The van der Waals surface area contributed by atoms with Crippen molar-refractivity contribution in [1.82, 2.24) is 24.6 Å². The zero-order valence-electron chi connectivity index (χ0n) is 14.0. The summed E-state index contributed by atoms with van der Waals surface area (Å²) in [7, 11) is 6.23. The van der Waals surface area contributed by atoms with E-state index in [0.717, 1.165) is 30.4 Å². The second-order valence-corrected chi connectivity index (χ2v) is 6.90. The van der Waals surface area contributed by atoms with Crippen molar-refractivity contribution in [2.24, 2.45) is 13.0 Å². The van der Waals surface area contributed by atoms with E-state index in [1.807, 2.05) is 31.7 Å². The van der Waals surface area contributed by atoms with Crippen molar-refractivity contribution in [2.45, 2.75) is 19.0 Å². The van der Waals surface area contributed by atoms with E-state index in [-0.39, 0.29) is 0 Å². The Balaban J connectivity index is 1.67. The van der Waals surface area contributed by atoms with Crippen LogP contribution in [0.5, 0.6) is 0 Å². The highest BCUT2D eigenvalue weighted by molar-refractivity contribution is 6.30. The molecular weight excluding hydrogens is 310 g/mol. The van der Waals surface area contributed by atoms with Crippen LogP contribution in [0.15, 0.2) is 30.7 Å². The van der Waals surface area contributed by atoms with E-state index < -0.39 is 0 Å². The lowest BCUT2D eigenvalue weighted by atomic mass is 9.94. The molecule has 1 aliphatic heterocycles. The molecule has 0 radical (unpaired) electrons. The summed E-state index contributed by atoms with van der Waals surface area (Å²) in [5.74, 6) is 0.602. The van der Waals surface area contributed by atoms with Gasteiger partial charge in [0.2, 0.25) is 0 Å². The molecule has 1 fully saturated rings. The van der Waals surface area contributed by atoms with E-state index in [1.54, 1.807) is 4.68 Å². The molecule has 0 unspecified atom stereocenters. The molecule has 0 saturated carbocycles. The summed E-state index contributed by atoms with van der Waals surface area (Å²) in [4.78, 5) is 9.07. The van der Waals surface area contributed by atoms with Crippen molar-refractivity contribution >= 4 is 11.6 Å². The predicted molar refractivity (Wildman–Crippen MR) is 92.3 cm³/mol. The Kier molecular flexibility index (Phi) is 4.99. The number of pyridine rings is 1. The Morgan fingerprint density at radius 2 is 2.17 bits per heavy atom. The van der Waals surface area contributed by atoms with Crippen molar-refractivity contribution in [1.29, 1.82) is 0 Å². The molecular formula is C17H24ClN5. The van der Waals surface area contributed by atoms with Gasteiger partial charge in [0, 0.05) is 44.1 Å². The van der Waals surface area contributed by atoms with Crippen molar-refractivity contribution < 1.29 is 0 Å². The van der Waals surface area contributed by atoms with E-state index in [2.05, 4.69) is 40.0 Å². The van der Waals surface area contributed by atoms with Gasteiger partial charge in [0.1, 0.15) is 5.15 Å². The molecule has 3 rings (SSSR count). The summed E-state index contributed by atoms with van der Waals surface area (Å²) in [6.07, 6.45) is 6.90. The Hall–Kier alpha value is -1.43. The first-order chi connectivity index (χ1) is 11.1. The molecule has 2 aromatic heterocycles. The Morgan fingerprint density at radius 1 is 1.35 bits per heavy atom. The number of hydrogen-bond donors (Lipinski definition) is 0. The topological polar surface area (TPSA) is 37.2 Å². The fraction of sp³-hybridized carbons (Fsp3) is 0.529. The van der Waals surface area contributed by atoms with Gasteiger partial charge in [-0.2, -0.15) is 5.10 Å². The van der Waals surface area contributed by atoms with Gasteiger partial charge in [0.05, 0.1) is 6.20 Å². The molecule has 23 heavy (non-hydrogen) atoms. The van der Waals surface area contributed by atoms with Gasteiger partial charge in [0.25, 0.3) is 0 Å². The monoisotopic (exact) mass is 333 g/mol. The van der Waals surface area contributed by atoms with Crippen LogP contribution >= 0.6 is 11.6 Å². The average molecular weight is 334 g/mol. The Bertz CT molecular complexity index is 642.